The third-order valence-corrected chi connectivity index (χ3v) is 2.50. The van der Waals surface area contributed by atoms with Crippen molar-refractivity contribution in [3.63, 3.8) is 0 Å². The molecule has 2 aromatic rings. The zero-order valence-corrected chi connectivity index (χ0v) is 8.22. The highest BCUT2D eigenvalue weighted by molar-refractivity contribution is 7.20. The normalized spacial score (nSPS) is 10.4. The quantitative estimate of drug-likeness (QED) is 0.780. The molecule has 0 saturated heterocycles. The molecule has 0 unspecified atom stereocenters. The van der Waals surface area contributed by atoms with Crippen molar-refractivity contribution in [3.8, 4) is 5.19 Å². The van der Waals surface area contributed by atoms with Crippen molar-refractivity contribution >= 4 is 33.1 Å². The Labute approximate surface area is 84.2 Å². The lowest BCUT2D eigenvalue weighted by molar-refractivity contribution is -0.114. The van der Waals surface area contributed by atoms with E-state index < -0.39 is 0 Å². The molecule has 0 aliphatic heterocycles. The molecule has 4 nitrogen and oxygen atoms in total. The summed E-state index contributed by atoms with van der Waals surface area (Å²) in [6.45, 7) is 1.44. The summed E-state index contributed by atoms with van der Waals surface area (Å²) in [5.41, 5.74) is 1.36. The Morgan fingerprint density at radius 3 is 3.00 bits per heavy atom. The van der Waals surface area contributed by atoms with Gasteiger partial charge in [0.1, 0.15) is 0 Å². The molecule has 14 heavy (non-hydrogen) atoms. The number of hydrogen-bond donors (Lipinski definition) is 1. The first-order chi connectivity index (χ1) is 6.65. The zero-order valence-electron chi connectivity index (χ0n) is 7.40. The van der Waals surface area contributed by atoms with Gasteiger partial charge in [-0.15, -0.1) is 0 Å². The van der Waals surface area contributed by atoms with Crippen molar-refractivity contribution in [1.82, 2.24) is 4.98 Å². The summed E-state index contributed by atoms with van der Waals surface area (Å²) in [7, 11) is 0. The van der Waals surface area contributed by atoms with Gasteiger partial charge in [0.05, 0.1) is 10.2 Å². The average Bonchev–Trinajstić information content (AvgIpc) is 2.42. The van der Waals surface area contributed by atoms with Crippen LogP contribution in [0, 0.1) is 0 Å². The summed E-state index contributed by atoms with van der Waals surface area (Å²) in [5, 5.41) is 13.4. The van der Waals surface area contributed by atoms with Gasteiger partial charge < -0.3 is 5.32 Å². The number of carbonyl (C=O) groups is 1. The van der Waals surface area contributed by atoms with E-state index in [1.165, 1.54) is 6.92 Å². The van der Waals surface area contributed by atoms with Crippen LogP contribution >= 0.6 is 11.3 Å². The van der Waals surface area contributed by atoms with Crippen LogP contribution in [0.1, 0.15) is 6.92 Å². The fraction of sp³-hybridized carbons (Fsp3) is 0.111. The van der Waals surface area contributed by atoms with Crippen LogP contribution in [0.3, 0.4) is 0 Å². The van der Waals surface area contributed by atoms with E-state index in [0.29, 0.717) is 11.2 Å². The van der Waals surface area contributed by atoms with Crippen molar-refractivity contribution in [3.05, 3.63) is 18.2 Å². The highest BCUT2D eigenvalue weighted by atomic mass is 32.1. The third kappa shape index (κ3) is 1.67. The fourth-order valence-corrected chi connectivity index (χ4v) is 1.92. The first-order valence-electron chi connectivity index (χ1n) is 4.00. The summed E-state index contributed by atoms with van der Waals surface area (Å²) in [6.07, 6.45) is 0. The lowest BCUT2D eigenvalue weighted by atomic mass is 10.3. The van der Waals surface area contributed by atoms with Crippen molar-refractivity contribution < 1.29 is 9.90 Å². The molecule has 1 aromatic carbocycles. The number of aromatic nitrogens is 1. The second-order valence-corrected chi connectivity index (χ2v) is 3.84. The highest BCUT2D eigenvalue weighted by Gasteiger charge is 2.04. The standard InChI is InChI=1S/C9H7N2O2S/c1-5(12)10-6-2-3-7-8(4-6)14-9(13)11-7/h2-4H,1H3,(H,10,12). The molecular weight excluding hydrogens is 200 g/mol. The predicted molar refractivity (Wildman–Crippen MR) is 54.1 cm³/mol. The van der Waals surface area contributed by atoms with Crippen molar-refractivity contribution in [2.45, 2.75) is 6.92 Å². The number of fused-ring (bicyclic) bond motifs is 1. The SMILES string of the molecule is CC(=O)Nc1ccc2nc([O])sc2c1. The average molecular weight is 207 g/mol. The van der Waals surface area contributed by atoms with Crippen LogP contribution in [0.2, 0.25) is 0 Å². The van der Waals surface area contributed by atoms with Crippen LogP contribution in [0.15, 0.2) is 18.2 Å². The third-order valence-electron chi connectivity index (χ3n) is 1.69. The highest BCUT2D eigenvalue weighted by Crippen LogP contribution is 2.29. The molecule has 0 aliphatic rings. The monoisotopic (exact) mass is 207 g/mol. The van der Waals surface area contributed by atoms with Gasteiger partial charge >= 0.3 is 5.19 Å². The van der Waals surface area contributed by atoms with E-state index in [1.54, 1.807) is 18.2 Å². The maximum Gasteiger partial charge on any atom is 0.327 e. The first-order valence-corrected chi connectivity index (χ1v) is 4.82. The summed E-state index contributed by atoms with van der Waals surface area (Å²) in [6, 6.07) is 5.19. The van der Waals surface area contributed by atoms with Crippen LogP contribution in [0.4, 0.5) is 5.69 Å². The number of amides is 1. The summed E-state index contributed by atoms with van der Waals surface area (Å²) < 4.78 is 0.793. The van der Waals surface area contributed by atoms with E-state index in [9.17, 15) is 9.90 Å². The lowest BCUT2D eigenvalue weighted by Gasteiger charge is -1.99. The number of benzene rings is 1. The van der Waals surface area contributed by atoms with E-state index in [1.807, 2.05) is 0 Å². The van der Waals surface area contributed by atoms with E-state index >= 15 is 0 Å². The van der Waals surface area contributed by atoms with Gasteiger partial charge in [-0.2, -0.15) is 4.98 Å². The second kappa shape index (κ2) is 3.26. The number of nitrogens with zero attached hydrogens (tertiary/aromatic N) is 1. The maximum absolute atomic E-state index is 10.9. The van der Waals surface area contributed by atoms with E-state index in [-0.39, 0.29) is 11.1 Å². The smallest absolute Gasteiger partial charge is 0.326 e. The molecule has 0 bridgehead atoms. The summed E-state index contributed by atoms with van der Waals surface area (Å²) in [5.74, 6) is -0.129. The number of nitrogens with one attached hydrogen (secondary N) is 1. The topological polar surface area (TPSA) is 61.9 Å². The Hall–Kier alpha value is -1.62. The van der Waals surface area contributed by atoms with Crippen LogP contribution in [0.25, 0.3) is 10.2 Å². The van der Waals surface area contributed by atoms with Crippen LogP contribution in [-0.2, 0) is 9.90 Å². The second-order valence-electron chi connectivity index (χ2n) is 2.84. The van der Waals surface area contributed by atoms with Gasteiger partial charge in [-0.05, 0) is 18.2 Å². The lowest BCUT2D eigenvalue weighted by Crippen LogP contribution is -2.05. The van der Waals surface area contributed by atoms with Crippen molar-refractivity contribution in [2.75, 3.05) is 5.32 Å². The van der Waals surface area contributed by atoms with Crippen LogP contribution in [0.5, 0.6) is 5.19 Å². The van der Waals surface area contributed by atoms with Crippen LogP contribution < -0.4 is 5.32 Å². The van der Waals surface area contributed by atoms with Gasteiger partial charge in [0.15, 0.2) is 0 Å². The molecule has 1 aromatic heterocycles. The number of anilines is 1. The Morgan fingerprint density at radius 1 is 1.50 bits per heavy atom. The van der Waals surface area contributed by atoms with Gasteiger partial charge in [-0.3, -0.25) is 9.90 Å². The molecule has 71 valence electrons. The molecule has 2 rings (SSSR count). The minimum atomic E-state index is -0.208. The molecule has 0 aliphatic carbocycles. The first kappa shape index (κ1) is 8.96. The molecule has 1 radical (unpaired) electrons. The van der Waals surface area contributed by atoms with Gasteiger partial charge in [0.25, 0.3) is 0 Å². The fourth-order valence-electron chi connectivity index (χ4n) is 1.18. The van der Waals surface area contributed by atoms with Gasteiger partial charge in [-0.1, -0.05) is 11.3 Å². The summed E-state index contributed by atoms with van der Waals surface area (Å²) >= 11 is 1.08. The number of hydrogen-bond acceptors (Lipinski definition) is 3. The molecular formula is C9H7N2O2S. The zero-order chi connectivity index (χ0) is 10.1. The molecule has 0 spiro atoms. The Morgan fingerprint density at radius 2 is 2.29 bits per heavy atom. The van der Waals surface area contributed by atoms with E-state index in [2.05, 4.69) is 10.3 Å². The van der Waals surface area contributed by atoms with Crippen molar-refractivity contribution in [2.24, 2.45) is 0 Å². The molecule has 1 N–H and O–H groups in total. The molecule has 0 saturated carbocycles. The molecule has 5 heteroatoms. The molecule has 0 atom stereocenters. The maximum atomic E-state index is 10.9. The Kier molecular flexibility index (Phi) is 2.09. The molecule has 1 amide bonds. The minimum Gasteiger partial charge on any atom is -0.326 e. The minimum absolute atomic E-state index is 0.129. The van der Waals surface area contributed by atoms with E-state index in [4.69, 9.17) is 0 Å². The summed E-state index contributed by atoms with van der Waals surface area (Å²) in [4.78, 5) is 14.6. The Bertz CT molecular complexity index is 493. The number of carbonyl (C=O) groups excluding carboxylic acids is 1. The van der Waals surface area contributed by atoms with E-state index in [0.717, 1.165) is 16.0 Å². The predicted octanol–water partition coefficient (Wildman–Crippen LogP) is 2.40. The largest absolute Gasteiger partial charge is 0.327 e. The molecule has 0 fully saturated rings. The van der Waals surface area contributed by atoms with Crippen LogP contribution in [-0.4, -0.2) is 10.9 Å². The van der Waals surface area contributed by atoms with Crippen molar-refractivity contribution in [1.29, 1.82) is 0 Å². The number of thiazole rings is 1. The number of rotatable bonds is 1. The Balaban J connectivity index is 2.45. The van der Waals surface area contributed by atoms with Gasteiger partial charge in [-0.25, -0.2) is 0 Å². The van der Waals surface area contributed by atoms with Gasteiger partial charge in [0.2, 0.25) is 5.91 Å². The van der Waals surface area contributed by atoms with Gasteiger partial charge in [0, 0.05) is 12.6 Å². The molecule has 1 heterocycles.